The molecule has 0 atom stereocenters. The molecule has 0 unspecified atom stereocenters. The van der Waals surface area contributed by atoms with Gasteiger partial charge in [0.2, 0.25) is 0 Å². The second-order valence-electron chi connectivity index (χ2n) is 6.43. The first-order valence-corrected chi connectivity index (χ1v) is 8.34. The highest BCUT2D eigenvalue weighted by Gasteiger charge is 2.19. The smallest absolute Gasteiger partial charge is 0.124 e. The Balaban J connectivity index is 1.43. The minimum atomic E-state index is -0.161. The van der Waals surface area contributed by atoms with E-state index in [0.29, 0.717) is 6.04 Å². The van der Waals surface area contributed by atoms with E-state index in [1.807, 2.05) is 30.8 Å². The van der Waals surface area contributed by atoms with E-state index in [1.54, 1.807) is 12.1 Å². The lowest BCUT2D eigenvalue weighted by atomic mass is 10.0. The van der Waals surface area contributed by atoms with E-state index < -0.39 is 0 Å². The van der Waals surface area contributed by atoms with Crippen molar-refractivity contribution in [2.45, 2.75) is 32.2 Å². The summed E-state index contributed by atoms with van der Waals surface area (Å²) >= 11 is 0. The van der Waals surface area contributed by atoms with Crippen LogP contribution in [0.15, 0.2) is 30.3 Å². The van der Waals surface area contributed by atoms with Gasteiger partial charge in [-0.25, -0.2) is 4.39 Å². The quantitative estimate of drug-likeness (QED) is 0.920. The van der Waals surface area contributed by atoms with E-state index in [-0.39, 0.29) is 5.82 Å². The number of hydrogen-bond donors (Lipinski definition) is 1. The molecule has 0 bridgehead atoms. The Morgan fingerprint density at radius 3 is 2.52 bits per heavy atom. The molecule has 0 spiro atoms. The van der Waals surface area contributed by atoms with Crippen LogP contribution in [0.3, 0.4) is 0 Å². The van der Waals surface area contributed by atoms with Gasteiger partial charge in [-0.3, -0.25) is 4.68 Å². The van der Waals surface area contributed by atoms with Gasteiger partial charge in [-0.2, -0.15) is 5.10 Å². The van der Waals surface area contributed by atoms with E-state index >= 15 is 0 Å². The first-order valence-electron chi connectivity index (χ1n) is 8.34. The van der Waals surface area contributed by atoms with Gasteiger partial charge in [0.1, 0.15) is 11.6 Å². The van der Waals surface area contributed by atoms with Crippen molar-refractivity contribution in [2.24, 2.45) is 7.05 Å². The molecule has 0 aliphatic carbocycles. The topological polar surface area (TPSA) is 33.1 Å². The van der Waals surface area contributed by atoms with Crippen molar-refractivity contribution < 1.29 is 4.39 Å². The number of hydrogen-bond acceptors (Lipinski definition) is 3. The summed E-state index contributed by atoms with van der Waals surface area (Å²) < 4.78 is 14.8. The molecule has 0 amide bonds. The van der Waals surface area contributed by atoms with Crippen LogP contribution < -0.4 is 5.32 Å². The molecule has 2 aromatic rings. The lowest BCUT2D eigenvalue weighted by Gasteiger charge is -2.32. The molecule has 1 aliphatic rings. The molecule has 124 valence electrons. The Hall–Kier alpha value is -1.88. The standard InChI is InChI=1S/C18H25FN4/c1-14-13-18(22(2)21-14)20-17-8-11-23(12-9-17)10-7-15-3-5-16(19)6-4-15/h3-6,13,17,20H,7-12H2,1-2H3. The molecule has 23 heavy (non-hydrogen) atoms. The predicted molar refractivity (Wildman–Crippen MR) is 91.1 cm³/mol. The minimum absolute atomic E-state index is 0.161. The van der Waals surface area contributed by atoms with Crippen molar-refractivity contribution in [2.75, 3.05) is 25.0 Å². The molecule has 1 aliphatic heterocycles. The lowest BCUT2D eigenvalue weighted by molar-refractivity contribution is 0.221. The van der Waals surface area contributed by atoms with Crippen LogP contribution in [-0.4, -0.2) is 40.4 Å². The maximum absolute atomic E-state index is 12.9. The van der Waals surface area contributed by atoms with Crippen molar-refractivity contribution in [1.82, 2.24) is 14.7 Å². The first-order chi connectivity index (χ1) is 11.1. The fraction of sp³-hybridized carbons (Fsp3) is 0.500. The third-order valence-corrected chi connectivity index (χ3v) is 4.57. The minimum Gasteiger partial charge on any atom is -0.367 e. The molecule has 5 heteroatoms. The SMILES string of the molecule is Cc1cc(NC2CCN(CCc3ccc(F)cc3)CC2)n(C)n1. The Bertz CT molecular complexity index is 627. The number of aromatic nitrogens is 2. The summed E-state index contributed by atoms with van der Waals surface area (Å²) in [5.41, 5.74) is 2.25. The van der Waals surface area contributed by atoms with Crippen LogP contribution in [-0.2, 0) is 13.5 Å². The summed E-state index contributed by atoms with van der Waals surface area (Å²) in [6, 6.07) is 9.47. The molecular weight excluding hydrogens is 291 g/mol. The number of aryl methyl sites for hydroxylation is 2. The molecule has 1 N–H and O–H groups in total. The molecule has 1 fully saturated rings. The van der Waals surface area contributed by atoms with Crippen LogP contribution >= 0.6 is 0 Å². The van der Waals surface area contributed by atoms with E-state index in [1.165, 1.54) is 5.56 Å². The first kappa shape index (κ1) is 16.0. The van der Waals surface area contributed by atoms with E-state index in [2.05, 4.69) is 21.4 Å². The van der Waals surface area contributed by atoms with Crippen LogP contribution in [0.1, 0.15) is 24.1 Å². The Morgan fingerprint density at radius 1 is 1.22 bits per heavy atom. The Morgan fingerprint density at radius 2 is 1.91 bits per heavy atom. The number of nitrogens with zero attached hydrogens (tertiary/aromatic N) is 3. The fourth-order valence-electron chi connectivity index (χ4n) is 3.19. The van der Waals surface area contributed by atoms with Crippen molar-refractivity contribution >= 4 is 5.82 Å². The number of halogens is 1. The number of nitrogens with one attached hydrogen (secondary N) is 1. The zero-order chi connectivity index (χ0) is 16.2. The molecular formula is C18H25FN4. The predicted octanol–water partition coefficient (Wildman–Crippen LogP) is 2.99. The van der Waals surface area contributed by atoms with Crippen LogP contribution in [0, 0.1) is 12.7 Å². The molecule has 2 heterocycles. The Kier molecular flexibility index (Phi) is 4.96. The van der Waals surface area contributed by atoms with Gasteiger partial charge in [0.05, 0.1) is 5.69 Å². The fourth-order valence-corrected chi connectivity index (χ4v) is 3.19. The van der Waals surface area contributed by atoms with Gasteiger partial charge < -0.3 is 10.2 Å². The normalized spacial score (nSPS) is 16.7. The summed E-state index contributed by atoms with van der Waals surface area (Å²) in [6.07, 6.45) is 3.28. The van der Waals surface area contributed by atoms with Gasteiger partial charge in [0.25, 0.3) is 0 Å². The van der Waals surface area contributed by atoms with E-state index in [9.17, 15) is 4.39 Å². The zero-order valence-electron chi connectivity index (χ0n) is 13.9. The van der Waals surface area contributed by atoms with Gasteiger partial charge >= 0.3 is 0 Å². The van der Waals surface area contributed by atoms with Crippen LogP contribution in [0.4, 0.5) is 10.2 Å². The largest absolute Gasteiger partial charge is 0.367 e. The van der Waals surface area contributed by atoms with Crippen molar-refractivity contribution in [3.05, 3.63) is 47.4 Å². The average molecular weight is 316 g/mol. The molecule has 3 rings (SSSR count). The van der Waals surface area contributed by atoms with Gasteiger partial charge in [0, 0.05) is 38.8 Å². The highest BCUT2D eigenvalue weighted by Crippen LogP contribution is 2.17. The molecule has 1 aromatic carbocycles. The number of benzene rings is 1. The van der Waals surface area contributed by atoms with E-state index in [4.69, 9.17) is 0 Å². The van der Waals surface area contributed by atoms with Gasteiger partial charge in [0.15, 0.2) is 0 Å². The second-order valence-corrected chi connectivity index (χ2v) is 6.43. The lowest BCUT2D eigenvalue weighted by Crippen LogP contribution is -2.40. The highest BCUT2D eigenvalue weighted by atomic mass is 19.1. The van der Waals surface area contributed by atoms with Crippen LogP contribution in [0.2, 0.25) is 0 Å². The molecule has 0 radical (unpaired) electrons. The maximum atomic E-state index is 12.9. The van der Waals surface area contributed by atoms with Gasteiger partial charge in [-0.1, -0.05) is 12.1 Å². The van der Waals surface area contributed by atoms with Gasteiger partial charge in [-0.05, 0) is 43.9 Å². The van der Waals surface area contributed by atoms with Gasteiger partial charge in [-0.15, -0.1) is 0 Å². The number of rotatable bonds is 5. The maximum Gasteiger partial charge on any atom is 0.124 e. The summed E-state index contributed by atoms with van der Waals surface area (Å²) in [6.45, 7) is 5.28. The van der Waals surface area contributed by atoms with Crippen LogP contribution in [0.5, 0.6) is 0 Å². The summed E-state index contributed by atoms with van der Waals surface area (Å²) in [4.78, 5) is 2.50. The monoisotopic (exact) mass is 316 g/mol. The highest BCUT2D eigenvalue weighted by molar-refractivity contribution is 5.37. The molecule has 1 aromatic heterocycles. The summed E-state index contributed by atoms with van der Waals surface area (Å²) in [5.74, 6) is 0.943. The average Bonchev–Trinajstić information content (AvgIpc) is 2.86. The van der Waals surface area contributed by atoms with Crippen molar-refractivity contribution in [3.63, 3.8) is 0 Å². The summed E-state index contributed by atoms with van der Waals surface area (Å²) in [5, 5.41) is 7.98. The second kappa shape index (κ2) is 7.13. The molecule has 1 saturated heterocycles. The molecule has 4 nitrogen and oxygen atoms in total. The van der Waals surface area contributed by atoms with E-state index in [0.717, 1.165) is 50.4 Å². The number of anilines is 1. The third-order valence-electron chi connectivity index (χ3n) is 4.57. The number of likely N-dealkylation sites (tertiary alicyclic amines) is 1. The zero-order valence-corrected chi connectivity index (χ0v) is 13.9. The third kappa shape index (κ3) is 4.32. The molecule has 0 saturated carbocycles. The van der Waals surface area contributed by atoms with Crippen molar-refractivity contribution in [3.8, 4) is 0 Å². The van der Waals surface area contributed by atoms with Crippen molar-refractivity contribution in [1.29, 1.82) is 0 Å². The van der Waals surface area contributed by atoms with Crippen LogP contribution in [0.25, 0.3) is 0 Å². The summed E-state index contributed by atoms with van der Waals surface area (Å²) in [7, 11) is 1.98. The Labute approximate surface area is 137 Å². The number of piperidine rings is 1.